The molecule has 1 aromatic carbocycles. The predicted molar refractivity (Wildman–Crippen MR) is 72.2 cm³/mol. The zero-order valence-corrected chi connectivity index (χ0v) is 11.7. The number of benzene rings is 1. The Morgan fingerprint density at radius 3 is 2.72 bits per heavy atom. The summed E-state index contributed by atoms with van der Waals surface area (Å²) < 4.78 is 26.9. The van der Waals surface area contributed by atoms with Crippen LogP contribution in [0.15, 0.2) is 27.8 Å². The van der Waals surface area contributed by atoms with Crippen LogP contribution in [0.2, 0.25) is 0 Å². The van der Waals surface area contributed by atoms with Crippen LogP contribution in [0.5, 0.6) is 0 Å². The van der Waals surface area contributed by atoms with Gasteiger partial charge in [-0.15, -0.1) is 0 Å². The number of sulfonamides is 1. The molecule has 0 aliphatic heterocycles. The normalized spacial score (nSPS) is 16.6. The van der Waals surface area contributed by atoms with Crippen LogP contribution in [0.25, 0.3) is 0 Å². The van der Waals surface area contributed by atoms with Gasteiger partial charge in [-0.3, -0.25) is 4.72 Å². The summed E-state index contributed by atoms with van der Waals surface area (Å²) in [6.07, 6.45) is 1.34. The van der Waals surface area contributed by atoms with Crippen molar-refractivity contribution in [2.24, 2.45) is 10.9 Å². The van der Waals surface area contributed by atoms with Crippen molar-refractivity contribution in [2.45, 2.75) is 18.1 Å². The van der Waals surface area contributed by atoms with Gasteiger partial charge in [0.2, 0.25) is 10.0 Å². The molecule has 0 aromatic heterocycles. The smallest absolute Gasteiger partial charge is 0.235 e. The number of anilines is 1. The average Bonchev–Trinajstić information content (AvgIpc) is 3.11. The number of nitrogens with two attached hydrogens (primary N) is 1. The lowest BCUT2D eigenvalue weighted by Gasteiger charge is -2.11. The average molecular weight is 334 g/mol. The Hall–Kier alpha value is -1.28. The number of hydrogen-bond donors (Lipinski definition) is 3. The number of amidine groups is 1. The second kappa shape index (κ2) is 4.77. The monoisotopic (exact) mass is 333 g/mol. The van der Waals surface area contributed by atoms with Crippen molar-refractivity contribution in [3.05, 3.63) is 28.2 Å². The lowest BCUT2D eigenvalue weighted by molar-refractivity contribution is 0.318. The van der Waals surface area contributed by atoms with Crippen molar-refractivity contribution in [1.82, 2.24) is 0 Å². The van der Waals surface area contributed by atoms with E-state index in [4.69, 9.17) is 10.9 Å². The summed E-state index contributed by atoms with van der Waals surface area (Å²) in [7, 11) is -3.38. The van der Waals surface area contributed by atoms with Gasteiger partial charge in [0.15, 0.2) is 5.84 Å². The minimum atomic E-state index is -3.38. The molecule has 0 radical (unpaired) electrons. The topological polar surface area (TPSA) is 105 Å². The molecule has 2 rings (SSSR count). The van der Waals surface area contributed by atoms with Gasteiger partial charge in [0.05, 0.1) is 10.9 Å². The molecule has 6 nitrogen and oxygen atoms in total. The van der Waals surface area contributed by atoms with Gasteiger partial charge < -0.3 is 10.9 Å². The molecule has 1 saturated carbocycles. The summed E-state index contributed by atoms with van der Waals surface area (Å²) >= 11 is 3.25. The first-order chi connectivity index (χ1) is 8.44. The van der Waals surface area contributed by atoms with Crippen LogP contribution in [-0.4, -0.2) is 24.7 Å². The Kier molecular flexibility index (Phi) is 3.49. The van der Waals surface area contributed by atoms with Gasteiger partial charge in [-0.1, -0.05) is 21.1 Å². The molecule has 1 aliphatic carbocycles. The standard InChI is InChI=1S/C10H12BrN3O3S/c11-6-1-4-8(10(12)13-15)9(5-6)14-18(16,17)7-2-3-7/h1,4-5,7,14-15H,2-3H2,(H2,12,13). The minimum absolute atomic E-state index is 0.143. The van der Waals surface area contributed by atoms with Crippen LogP contribution in [0, 0.1) is 0 Å². The summed E-state index contributed by atoms with van der Waals surface area (Å²) in [5.74, 6) is -0.143. The molecule has 1 fully saturated rings. The molecule has 8 heteroatoms. The predicted octanol–water partition coefficient (Wildman–Crippen LogP) is 1.45. The highest BCUT2D eigenvalue weighted by molar-refractivity contribution is 9.10. The van der Waals surface area contributed by atoms with E-state index in [2.05, 4.69) is 25.8 Å². The van der Waals surface area contributed by atoms with E-state index in [9.17, 15) is 8.42 Å². The largest absolute Gasteiger partial charge is 0.409 e. The van der Waals surface area contributed by atoms with Crippen LogP contribution in [0.4, 0.5) is 5.69 Å². The summed E-state index contributed by atoms with van der Waals surface area (Å²) in [4.78, 5) is 0. The highest BCUT2D eigenvalue weighted by atomic mass is 79.9. The Balaban J connectivity index is 2.39. The summed E-state index contributed by atoms with van der Waals surface area (Å²) in [6, 6.07) is 4.83. The quantitative estimate of drug-likeness (QED) is 0.335. The molecular weight excluding hydrogens is 322 g/mol. The van der Waals surface area contributed by atoms with Crippen molar-refractivity contribution in [3.8, 4) is 0 Å². The Morgan fingerprint density at radius 1 is 1.50 bits per heavy atom. The third-order valence-corrected chi connectivity index (χ3v) is 4.93. The number of hydrogen-bond acceptors (Lipinski definition) is 4. The van der Waals surface area contributed by atoms with Crippen molar-refractivity contribution < 1.29 is 13.6 Å². The lowest BCUT2D eigenvalue weighted by atomic mass is 10.2. The van der Waals surface area contributed by atoms with Gasteiger partial charge >= 0.3 is 0 Å². The first-order valence-electron chi connectivity index (χ1n) is 5.23. The van der Waals surface area contributed by atoms with Gasteiger partial charge in [-0.05, 0) is 31.0 Å². The third kappa shape index (κ3) is 2.75. The highest BCUT2D eigenvalue weighted by Crippen LogP contribution is 2.31. The summed E-state index contributed by atoms with van der Waals surface area (Å²) in [6.45, 7) is 0. The van der Waals surface area contributed by atoms with E-state index in [0.717, 1.165) is 0 Å². The van der Waals surface area contributed by atoms with Gasteiger partial charge in [-0.25, -0.2) is 8.42 Å². The summed E-state index contributed by atoms with van der Waals surface area (Å²) in [5.41, 5.74) is 6.14. The molecule has 0 bridgehead atoms. The fourth-order valence-electron chi connectivity index (χ4n) is 1.49. The minimum Gasteiger partial charge on any atom is -0.409 e. The molecule has 0 unspecified atom stereocenters. The molecule has 0 spiro atoms. The van der Waals surface area contributed by atoms with E-state index in [1.165, 1.54) is 0 Å². The number of nitrogens with zero attached hydrogens (tertiary/aromatic N) is 1. The van der Waals surface area contributed by atoms with Crippen molar-refractivity contribution in [3.63, 3.8) is 0 Å². The van der Waals surface area contributed by atoms with Gasteiger partial charge in [0, 0.05) is 10.0 Å². The van der Waals surface area contributed by atoms with Crippen LogP contribution >= 0.6 is 15.9 Å². The van der Waals surface area contributed by atoms with Crippen LogP contribution < -0.4 is 10.5 Å². The Labute approximate surface area is 113 Å². The molecule has 0 amide bonds. The number of rotatable bonds is 4. The molecule has 0 atom stereocenters. The highest BCUT2D eigenvalue weighted by Gasteiger charge is 2.36. The van der Waals surface area contributed by atoms with Crippen LogP contribution in [0.1, 0.15) is 18.4 Å². The first-order valence-corrected chi connectivity index (χ1v) is 7.57. The van der Waals surface area contributed by atoms with E-state index < -0.39 is 10.0 Å². The molecule has 18 heavy (non-hydrogen) atoms. The Bertz CT molecular complexity index is 596. The van der Waals surface area contributed by atoms with E-state index in [0.29, 0.717) is 28.6 Å². The third-order valence-electron chi connectivity index (χ3n) is 2.58. The number of nitrogens with one attached hydrogen (secondary N) is 1. The SMILES string of the molecule is N/C(=N/O)c1ccc(Br)cc1NS(=O)(=O)C1CC1. The number of halogens is 1. The maximum Gasteiger partial charge on any atom is 0.235 e. The fraction of sp³-hybridized carbons (Fsp3) is 0.300. The maximum absolute atomic E-state index is 11.9. The van der Waals surface area contributed by atoms with E-state index >= 15 is 0 Å². The van der Waals surface area contributed by atoms with Crippen LogP contribution in [-0.2, 0) is 10.0 Å². The second-order valence-electron chi connectivity index (χ2n) is 4.02. The van der Waals surface area contributed by atoms with Gasteiger partial charge in [0.25, 0.3) is 0 Å². The second-order valence-corrected chi connectivity index (χ2v) is 6.90. The van der Waals surface area contributed by atoms with E-state index in [1.807, 2.05) is 0 Å². The molecule has 0 saturated heterocycles. The molecule has 98 valence electrons. The zero-order chi connectivity index (χ0) is 13.3. The van der Waals surface area contributed by atoms with E-state index in [1.54, 1.807) is 18.2 Å². The van der Waals surface area contributed by atoms with Crippen LogP contribution in [0.3, 0.4) is 0 Å². The van der Waals surface area contributed by atoms with Crippen molar-refractivity contribution in [1.29, 1.82) is 0 Å². The van der Waals surface area contributed by atoms with Crippen molar-refractivity contribution >= 4 is 37.5 Å². The fourth-order valence-corrected chi connectivity index (χ4v) is 3.25. The maximum atomic E-state index is 11.9. The molecule has 1 aromatic rings. The molecule has 0 heterocycles. The number of oxime groups is 1. The zero-order valence-electron chi connectivity index (χ0n) is 9.30. The molecule has 4 N–H and O–H groups in total. The van der Waals surface area contributed by atoms with Gasteiger partial charge in [0.1, 0.15) is 0 Å². The lowest BCUT2D eigenvalue weighted by Crippen LogP contribution is -2.21. The van der Waals surface area contributed by atoms with E-state index in [-0.39, 0.29) is 11.1 Å². The molecule has 1 aliphatic rings. The first kappa shape index (κ1) is 13.2. The Morgan fingerprint density at radius 2 is 2.17 bits per heavy atom. The summed E-state index contributed by atoms with van der Waals surface area (Å²) in [5, 5.41) is 11.2. The van der Waals surface area contributed by atoms with Gasteiger partial charge in [-0.2, -0.15) is 0 Å². The molecular formula is C10H12BrN3O3S. The van der Waals surface area contributed by atoms with Crippen molar-refractivity contribution in [2.75, 3.05) is 4.72 Å².